The first-order chi connectivity index (χ1) is 6.40. The molecule has 0 fully saturated rings. The van der Waals surface area contributed by atoms with Gasteiger partial charge >= 0.3 is 0 Å². The summed E-state index contributed by atoms with van der Waals surface area (Å²) in [4.78, 5) is 1.44. The van der Waals surface area contributed by atoms with Crippen molar-refractivity contribution in [3.05, 3.63) is 29.3 Å². The minimum Gasteiger partial charge on any atom is -0.384 e. The molecule has 0 amide bonds. The fourth-order valence-corrected chi connectivity index (χ4v) is 2.62. The molecule has 1 aliphatic rings. The molecule has 0 N–H and O–H groups in total. The van der Waals surface area contributed by atoms with Gasteiger partial charge in [0.15, 0.2) is 0 Å². The van der Waals surface area contributed by atoms with E-state index in [4.69, 9.17) is 4.74 Å². The van der Waals surface area contributed by atoms with Crippen LogP contribution in [-0.2, 0) is 17.6 Å². The van der Waals surface area contributed by atoms with Crippen LogP contribution in [0.1, 0.15) is 11.1 Å². The van der Waals surface area contributed by atoms with Crippen LogP contribution in [0.3, 0.4) is 0 Å². The number of hydrogen-bond donors (Lipinski definition) is 0. The van der Waals surface area contributed by atoms with Gasteiger partial charge in [-0.15, -0.1) is 11.8 Å². The molecule has 2 rings (SSSR count). The maximum absolute atomic E-state index is 5.03. The molecular formula is C11H14OS. The zero-order valence-corrected chi connectivity index (χ0v) is 8.69. The molecule has 1 nitrogen and oxygen atoms in total. The minimum atomic E-state index is 0.839. The van der Waals surface area contributed by atoms with Gasteiger partial charge in [-0.1, -0.05) is 12.1 Å². The van der Waals surface area contributed by atoms with E-state index in [0.717, 1.165) is 12.4 Å². The van der Waals surface area contributed by atoms with E-state index in [-0.39, 0.29) is 0 Å². The number of rotatable bonds is 4. The molecular weight excluding hydrogens is 180 g/mol. The zero-order chi connectivity index (χ0) is 9.10. The molecule has 0 radical (unpaired) electrons. The molecule has 0 aromatic heterocycles. The van der Waals surface area contributed by atoms with Crippen LogP contribution in [0.4, 0.5) is 0 Å². The predicted octanol–water partition coefficient (Wildman–Crippen LogP) is 2.52. The van der Waals surface area contributed by atoms with E-state index in [0.29, 0.717) is 0 Å². The van der Waals surface area contributed by atoms with Gasteiger partial charge in [-0.05, 0) is 30.0 Å². The van der Waals surface area contributed by atoms with E-state index in [1.807, 2.05) is 11.8 Å². The topological polar surface area (TPSA) is 9.23 Å². The lowest BCUT2D eigenvalue weighted by Crippen LogP contribution is -1.92. The van der Waals surface area contributed by atoms with Crippen molar-refractivity contribution < 1.29 is 4.74 Å². The zero-order valence-electron chi connectivity index (χ0n) is 7.88. The summed E-state index contributed by atoms with van der Waals surface area (Å²) in [6, 6.07) is 6.82. The third kappa shape index (κ3) is 2.06. The van der Waals surface area contributed by atoms with Crippen LogP contribution in [0.2, 0.25) is 0 Å². The number of methoxy groups -OCH3 is 1. The van der Waals surface area contributed by atoms with Gasteiger partial charge in [0.05, 0.1) is 6.61 Å². The van der Waals surface area contributed by atoms with Crippen LogP contribution in [-0.4, -0.2) is 19.5 Å². The smallest absolute Gasteiger partial charge is 0.0556 e. The van der Waals surface area contributed by atoms with E-state index in [2.05, 4.69) is 18.2 Å². The van der Waals surface area contributed by atoms with Crippen molar-refractivity contribution >= 4 is 11.8 Å². The summed E-state index contributed by atoms with van der Waals surface area (Å²) in [6.07, 6.45) is 2.47. The Hall–Kier alpha value is -0.470. The van der Waals surface area contributed by atoms with Gasteiger partial charge in [0.25, 0.3) is 0 Å². The summed E-state index contributed by atoms with van der Waals surface area (Å²) in [6.45, 7) is 0.839. The van der Waals surface area contributed by atoms with E-state index < -0.39 is 0 Å². The van der Waals surface area contributed by atoms with Crippen molar-refractivity contribution in [1.29, 1.82) is 0 Å². The summed E-state index contributed by atoms with van der Waals surface area (Å²) in [5.74, 6) is 1.06. The van der Waals surface area contributed by atoms with Crippen molar-refractivity contribution in [2.75, 3.05) is 19.5 Å². The molecule has 0 aliphatic heterocycles. The number of hydrogen-bond acceptors (Lipinski definition) is 2. The van der Waals surface area contributed by atoms with E-state index >= 15 is 0 Å². The third-order valence-electron chi connectivity index (χ3n) is 2.35. The second kappa shape index (κ2) is 4.16. The Morgan fingerprint density at radius 1 is 1.38 bits per heavy atom. The quantitative estimate of drug-likeness (QED) is 0.538. The largest absolute Gasteiger partial charge is 0.384 e. The Bertz CT molecular complexity index is 296. The molecule has 0 unspecified atom stereocenters. The fourth-order valence-electron chi connectivity index (χ4n) is 1.64. The first kappa shape index (κ1) is 9.10. The fraction of sp³-hybridized carbons (Fsp3) is 0.455. The molecule has 1 aromatic carbocycles. The van der Waals surface area contributed by atoms with Crippen LogP contribution < -0.4 is 0 Å². The normalized spacial score (nSPS) is 13.6. The maximum atomic E-state index is 5.03. The van der Waals surface area contributed by atoms with Gasteiger partial charge in [-0.25, -0.2) is 0 Å². The first-order valence-electron chi connectivity index (χ1n) is 4.63. The maximum Gasteiger partial charge on any atom is 0.0556 e. The van der Waals surface area contributed by atoms with Gasteiger partial charge in [0.1, 0.15) is 0 Å². The summed E-state index contributed by atoms with van der Waals surface area (Å²) < 4.78 is 5.03. The molecule has 2 heteroatoms. The summed E-state index contributed by atoms with van der Waals surface area (Å²) in [5.41, 5.74) is 3.02. The Labute approximate surface area is 83.5 Å². The van der Waals surface area contributed by atoms with Gasteiger partial charge in [0.2, 0.25) is 0 Å². The lowest BCUT2D eigenvalue weighted by molar-refractivity contribution is 0.218. The summed E-state index contributed by atoms with van der Waals surface area (Å²) in [5, 5.41) is 0. The monoisotopic (exact) mass is 194 g/mol. The molecule has 2 bridgehead atoms. The Morgan fingerprint density at radius 3 is 3.15 bits per heavy atom. The second-order valence-electron chi connectivity index (χ2n) is 3.28. The van der Waals surface area contributed by atoms with E-state index in [1.54, 1.807) is 7.11 Å². The molecule has 13 heavy (non-hydrogen) atoms. The average molecular weight is 194 g/mol. The highest BCUT2D eigenvalue weighted by molar-refractivity contribution is 7.99. The van der Waals surface area contributed by atoms with Crippen LogP contribution in [0.25, 0.3) is 0 Å². The molecule has 0 saturated heterocycles. The van der Waals surface area contributed by atoms with Crippen molar-refractivity contribution in [3.8, 4) is 0 Å². The van der Waals surface area contributed by atoms with Crippen LogP contribution in [0.15, 0.2) is 23.1 Å². The number of ether oxygens (including phenoxy) is 1. The van der Waals surface area contributed by atoms with Crippen molar-refractivity contribution in [2.45, 2.75) is 17.7 Å². The van der Waals surface area contributed by atoms with Gasteiger partial charge in [-0.3, -0.25) is 0 Å². The molecule has 0 heterocycles. The van der Waals surface area contributed by atoms with E-state index in [9.17, 15) is 0 Å². The molecule has 1 aliphatic carbocycles. The lowest BCUT2D eigenvalue weighted by Gasteiger charge is -2.03. The summed E-state index contributed by atoms with van der Waals surface area (Å²) in [7, 11) is 1.75. The number of benzene rings is 1. The number of fused-ring (bicyclic) bond motifs is 2. The Morgan fingerprint density at radius 2 is 2.31 bits per heavy atom. The van der Waals surface area contributed by atoms with Gasteiger partial charge < -0.3 is 4.74 Å². The average Bonchev–Trinajstić information content (AvgIpc) is 2.53. The van der Waals surface area contributed by atoms with E-state index in [1.165, 1.54) is 28.9 Å². The highest BCUT2D eigenvalue weighted by Crippen LogP contribution is 2.29. The molecule has 0 spiro atoms. The molecule has 1 aromatic rings. The van der Waals surface area contributed by atoms with Crippen molar-refractivity contribution in [2.24, 2.45) is 0 Å². The molecule has 70 valence electrons. The Balaban J connectivity index is 1.99. The highest BCUT2D eigenvalue weighted by Gasteiger charge is 2.10. The molecule has 0 atom stereocenters. The lowest BCUT2D eigenvalue weighted by atomic mass is 10.2. The first-order valence-corrected chi connectivity index (χ1v) is 5.62. The molecule has 0 saturated carbocycles. The second-order valence-corrected chi connectivity index (χ2v) is 4.42. The Kier molecular flexibility index (Phi) is 2.91. The van der Waals surface area contributed by atoms with Crippen LogP contribution in [0.5, 0.6) is 0 Å². The number of aryl methyl sites for hydroxylation is 2. The van der Waals surface area contributed by atoms with Gasteiger partial charge in [-0.2, -0.15) is 0 Å². The van der Waals surface area contributed by atoms with Crippen LogP contribution >= 0.6 is 11.8 Å². The number of thioether (sulfide) groups is 1. The summed E-state index contributed by atoms with van der Waals surface area (Å²) >= 11 is 1.90. The third-order valence-corrected chi connectivity index (χ3v) is 3.43. The van der Waals surface area contributed by atoms with Crippen molar-refractivity contribution in [1.82, 2.24) is 0 Å². The highest BCUT2D eigenvalue weighted by atomic mass is 32.2. The van der Waals surface area contributed by atoms with Crippen molar-refractivity contribution in [3.63, 3.8) is 0 Å². The predicted molar refractivity (Wildman–Crippen MR) is 56.5 cm³/mol. The van der Waals surface area contributed by atoms with Crippen LogP contribution in [0, 0.1) is 0 Å². The van der Waals surface area contributed by atoms with Gasteiger partial charge in [0, 0.05) is 17.8 Å². The minimum absolute atomic E-state index is 0.839. The SMILES string of the molecule is COCCSc1ccc2cc1CC2. The standard InChI is InChI=1S/C11H14OS/c1-12-6-7-13-11-5-3-9-2-4-10(11)8-9/h3,5,8H,2,4,6-7H2,1H3.